The predicted octanol–water partition coefficient (Wildman–Crippen LogP) is 8.86. The number of nitrogens with one attached hydrogen (secondary N) is 2. The lowest BCUT2D eigenvalue weighted by Gasteiger charge is -2.18. The first-order valence-corrected chi connectivity index (χ1v) is 21.4. The Kier molecular flexibility index (Phi) is 15.8. The van der Waals surface area contributed by atoms with Gasteiger partial charge in [-0.05, 0) is 92.0 Å². The quantitative estimate of drug-likeness (QED) is 0.0425. The average Bonchev–Trinajstić information content (AvgIpc) is 3.87. The Morgan fingerprint density at radius 1 is 0.836 bits per heavy atom. The SMILES string of the molecule is C#CCNC(=O)c1cc([N+](=O)[O-])ccc1I.O=C(Nc1nccs1)c1cc([N+](=O)[O-])ccc1I.O=C(c1cc([N+](=O)[O-])ccc1I)N1CC(Cl)c2c1cc(O)c1ncccc21. The number of thiazole rings is 1. The Morgan fingerprint density at radius 2 is 1.38 bits per heavy atom. The number of phenols is 1. The maximum Gasteiger partial charge on any atom is 0.270 e. The van der Waals surface area contributed by atoms with E-state index in [0.29, 0.717) is 38.0 Å². The van der Waals surface area contributed by atoms with Crippen LogP contribution >= 0.6 is 90.7 Å². The highest BCUT2D eigenvalue weighted by molar-refractivity contribution is 14.1. The Morgan fingerprint density at radius 3 is 1.90 bits per heavy atom. The molecule has 4 aromatic carbocycles. The van der Waals surface area contributed by atoms with Crippen molar-refractivity contribution in [3.8, 4) is 18.1 Å². The Labute approximate surface area is 394 Å². The highest BCUT2D eigenvalue weighted by atomic mass is 127. The molecule has 23 heteroatoms. The molecule has 2 aromatic heterocycles. The van der Waals surface area contributed by atoms with Crippen LogP contribution in [0.4, 0.5) is 27.9 Å². The van der Waals surface area contributed by atoms with E-state index in [9.17, 15) is 49.8 Å². The van der Waals surface area contributed by atoms with Gasteiger partial charge >= 0.3 is 0 Å². The van der Waals surface area contributed by atoms with E-state index in [1.807, 2.05) is 67.8 Å². The van der Waals surface area contributed by atoms with E-state index < -0.39 is 37.9 Å². The number of nitro benzene ring substituents is 3. The summed E-state index contributed by atoms with van der Waals surface area (Å²) in [7, 11) is 0. The van der Waals surface area contributed by atoms with Gasteiger partial charge in [-0.2, -0.15) is 0 Å². The van der Waals surface area contributed by atoms with Crippen LogP contribution in [-0.2, 0) is 0 Å². The van der Waals surface area contributed by atoms with Gasteiger partial charge in [0.15, 0.2) is 5.13 Å². The van der Waals surface area contributed by atoms with Crippen LogP contribution in [0.3, 0.4) is 0 Å². The van der Waals surface area contributed by atoms with Crippen molar-refractivity contribution < 1.29 is 34.3 Å². The van der Waals surface area contributed by atoms with E-state index in [1.165, 1.54) is 76.9 Å². The van der Waals surface area contributed by atoms with Gasteiger partial charge in [-0.25, -0.2) is 4.98 Å². The van der Waals surface area contributed by atoms with E-state index in [2.05, 4.69) is 26.5 Å². The van der Waals surface area contributed by atoms with Gasteiger partial charge in [-0.15, -0.1) is 29.4 Å². The first kappa shape index (κ1) is 46.4. The number of phenolic OH excluding ortho intramolecular Hbond substituents is 1. The third kappa shape index (κ3) is 11.2. The van der Waals surface area contributed by atoms with E-state index in [0.717, 1.165) is 0 Å². The third-order valence-electron chi connectivity index (χ3n) is 8.29. The zero-order valence-corrected chi connectivity index (χ0v) is 38.5. The molecular weight excluding hydrogens is 1180 g/mol. The molecule has 1 atom stereocenters. The number of fused-ring (bicyclic) bond motifs is 3. The number of aromatic nitrogens is 2. The molecule has 0 spiro atoms. The van der Waals surface area contributed by atoms with Crippen LogP contribution in [0.5, 0.6) is 5.75 Å². The fourth-order valence-electron chi connectivity index (χ4n) is 5.55. The molecule has 1 unspecified atom stereocenters. The third-order valence-corrected chi connectivity index (χ3v) is 12.2. The van der Waals surface area contributed by atoms with Crippen LogP contribution in [0, 0.1) is 53.4 Å². The van der Waals surface area contributed by atoms with Gasteiger partial charge in [-0.3, -0.25) is 55.0 Å². The highest BCUT2D eigenvalue weighted by Gasteiger charge is 2.35. The number of benzene rings is 4. The molecule has 0 saturated carbocycles. The maximum absolute atomic E-state index is 13.1. The fourth-order valence-corrected chi connectivity index (χ4v) is 8.17. The average molecular weight is 1200 g/mol. The topological polar surface area (TPSA) is 254 Å². The van der Waals surface area contributed by atoms with Gasteiger partial charge in [0.05, 0.1) is 49.1 Å². The summed E-state index contributed by atoms with van der Waals surface area (Å²) < 4.78 is 1.87. The van der Waals surface area contributed by atoms with Crippen LogP contribution < -0.4 is 15.5 Å². The molecule has 0 fully saturated rings. The highest BCUT2D eigenvalue weighted by Crippen LogP contribution is 2.46. The summed E-state index contributed by atoms with van der Waals surface area (Å²) in [6, 6.07) is 17.4. The van der Waals surface area contributed by atoms with Gasteiger partial charge < -0.3 is 15.3 Å². The lowest BCUT2D eigenvalue weighted by atomic mass is 10.0. The van der Waals surface area contributed by atoms with Crippen molar-refractivity contribution in [1.29, 1.82) is 0 Å². The number of rotatable bonds is 8. The predicted molar refractivity (Wildman–Crippen MR) is 252 cm³/mol. The number of non-ortho nitro benzene ring substituents is 3. The summed E-state index contributed by atoms with van der Waals surface area (Å²) in [5.74, 6) is 0.980. The van der Waals surface area contributed by atoms with Crippen LogP contribution in [0.2, 0.25) is 0 Å². The molecular formula is C38H24ClI3N8O10S. The van der Waals surface area contributed by atoms with Crippen LogP contribution in [0.25, 0.3) is 10.9 Å². The summed E-state index contributed by atoms with van der Waals surface area (Å²) in [6.07, 6.45) is 8.13. The summed E-state index contributed by atoms with van der Waals surface area (Å²) in [5.41, 5.74) is 1.96. The first-order valence-electron chi connectivity index (χ1n) is 16.8. The van der Waals surface area contributed by atoms with Crippen molar-refractivity contribution in [2.24, 2.45) is 0 Å². The number of carbonyl (C=O) groups excluding carboxylic acids is 3. The zero-order chi connectivity index (χ0) is 44.5. The Bertz CT molecular complexity index is 2770. The standard InChI is InChI=1S/C18H11ClIN3O4.C10H6IN3O3S.C10H7IN2O3/c19-12-8-22(18(25)11-6-9(23(26)27)3-4-13(11)20)14-7-15(24)17-10(16(12)14)2-1-5-21-17;11-8-2-1-6(14(16)17)5-7(8)9(15)13-10-12-3-4-18-10;1-2-5-12-10(14)8-6-7(13(15)16)3-4-9(8)11/h1-7,12,24H,8H2;1-5H,(H,12,13,15);1,3-4,6H,5H2,(H,12,14). The van der Waals surface area contributed by atoms with Crippen LogP contribution in [0.15, 0.2) is 90.6 Å². The number of pyridine rings is 1. The molecule has 3 heterocycles. The van der Waals surface area contributed by atoms with E-state index in [-0.39, 0.29) is 52.6 Å². The smallest absolute Gasteiger partial charge is 0.270 e. The van der Waals surface area contributed by atoms with Gasteiger partial charge in [0.25, 0.3) is 34.8 Å². The number of alkyl halides is 1. The minimum absolute atomic E-state index is 0.0540. The minimum atomic E-state index is -0.548. The number of hydrogen-bond acceptors (Lipinski definition) is 13. The molecule has 3 N–H and O–H groups in total. The zero-order valence-electron chi connectivity index (χ0n) is 30.5. The lowest BCUT2D eigenvalue weighted by molar-refractivity contribution is -0.385. The normalized spacial score (nSPS) is 12.4. The molecule has 7 rings (SSSR count). The molecule has 0 aliphatic carbocycles. The monoisotopic (exact) mass is 1200 g/mol. The van der Waals surface area contributed by atoms with Crippen molar-refractivity contribution in [3.63, 3.8) is 0 Å². The molecule has 3 amide bonds. The molecule has 1 aliphatic rings. The number of anilines is 2. The van der Waals surface area contributed by atoms with Gasteiger partial charge in [0.2, 0.25) is 0 Å². The van der Waals surface area contributed by atoms with Crippen LogP contribution in [-0.4, -0.2) is 60.7 Å². The first-order chi connectivity index (χ1) is 29.0. The van der Waals surface area contributed by atoms with Crippen molar-refractivity contribution in [2.45, 2.75) is 5.38 Å². The molecule has 0 saturated heterocycles. The Balaban J connectivity index is 0.000000182. The molecule has 61 heavy (non-hydrogen) atoms. The lowest BCUT2D eigenvalue weighted by Crippen LogP contribution is -2.30. The second-order valence-corrected chi connectivity index (χ2v) is 17.0. The van der Waals surface area contributed by atoms with Crippen molar-refractivity contribution >= 4 is 147 Å². The number of amides is 3. The minimum Gasteiger partial charge on any atom is -0.506 e. The van der Waals surface area contributed by atoms with E-state index >= 15 is 0 Å². The van der Waals surface area contributed by atoms with E-state index in [1.54, 1.807) is 29.9 Å². The maximum atomic E-state index is 13.1. The Hall–Kier alpha value is -5.63. The number of hydrogen-bond donors (Lipinski definition) is 3. The van der Waals surface area contributed by atoms with E-state index in [4.69, 9.17) is 18.0 Å². The summed E-state index contributed by atoms with van der Waals surface area (Å²) in [6.45, 7) is 0.291. The number of nitro groups is 3. The fraction of sp³-hybridized carbons (Fsp3) is 0.0789. The molecule has 6 aromatic rings. The number of halogens is 4. The van der Waals surface area contributed by atoms with Crippen LogP contribution in [0.1, 0.15) is 42.0 Å². The molecule has 0 bridgehead atoms. The molecule has 310 valence electrons. The molecule has 1 aliphatic heterocycles. The number of aromatic hydroxyl groups is 1. The second-order valence-electron chi connectivity index (χ2n) is 12.1. The molecule has 0 radical (unpaired) electrons. The number of carbonyl (C=O) groups is 3. The van der Waals surface area contributed by atoms with Gasteiger partial charge in [-0.1, -0.05) is 12.0 Å². The number of nitrogens with zero attached hydrogens (tertiary/aromatic N) is 6. The van der Waals surface area contributed by atoms with Crippen molar-refractivity contribution in [2.75, 3.05) is 23.3 Å². The summed E-state index contributed by atoms with van der Waals surface area (Å²) >= 11 is 13.6. The largest absolute Gasteiger partial charge is 0.506 e. The number of terminal acetylenes is 1. The molecule has 18 nitrogen and oxygen atoms in total. The van der Waals surface area contributed by atoms with Crippen molar-refractivity contribution in [1.82, 2.24) is 15.3 Å². The summed E-state index contributed by atoms with van der Waals surface area (Å²) in [5, 5.41) is 50.0. The second kappa shape index (κ2) is 20.8. The van der Waals surface area contributed by atoms with Gasteiger partial charge in [0.1, 0.15) is 11.3 Å². The summed E-state index contributed by atoms with van der Waals surface area (Å²) in [4.78, 5) is 76.8. The van der Waals surface area contributed by atoms with Crippen molar-refractivity contribution in [3.05, 3.63) is 154 Å². The van der Waals surface area contributed by atoms with Gasteiger partial charge in [0, 0.05) is 88.4 Å².